The summed E-state index contributed by atoms with van der Waals surface area (Å²) in [4.78, 5) is 18.5. The molecular formula is C22H24N2O3. The van der Waals surface area contributed by atoms with Crippen molar-refractivity contribution in [3.05, 3.63) is 65.4 Å². The smallest absolute Gasteiger partial charge is 0.363 e. The fourth-order valence-corrected chi connectivity index (χ4v) is 2.59. The van der Waals surface area contributed by atoms with Gasteiger partial charge in [0, 0.05) is 25.3 Å². The van der Waals surface area contributed by atoms with Gasteiger partial charge in [-0.3, -0.25) is 0 Å². The van der Waals surface area contributed by atoms with Crippen molar-refractivity contribution in [1.29, 1.82) is 0 Å². The first-order valence-electron chi connectivity index (χ1n) is 9.10. The number of hydrogen-bond acceptors (Lipinski definition) is 5. The molecule has 0 amide bonds. The largest absolute Gasteiger partial charge is 0.494 e. The monoisotopic (exact) mass is 364 g/mol. The third-order valence-corrected chi connectivity index (χ3v) is 4.20. The standard InChI is InChI=1S/C22H24N2O3/c1-4-5-14-26-19-12-6-16(7-13-19)15-20-22(25)27-21(23-20)17-8-10-18(11-9-17)24(2)3/h6-13,15H,4-5,14H2,1-3H3/b20-15+. The number of benzene rings is 2. The maximum Gasteiger partial charge on any atom is 0.363 e. The van der Waals surface area contributed by atoms with Crippen LogP contribution in [0.25, 0.3) is 6.08 Å². The van der Waals surface area contributed by atoms with Gasteiger partial charge in [0.15, 0.2) is 5.70 Å². The van der Waals surface area contributed by atoms with Gasteiger partial charge in [0.1, 0.15) is 5.75 Å². The van der Waals surface area contributed by atoms with Gasteiger partial charge in [0.05, 0.1) is 6.61 Å². The second-order valence-electron chi connectivity index (χ2n) is 6.55. The van der Waals surface area contributed by atoms with Crippen LogP contribution >= 0.6 is 0 Å². The van der Waals surface area contributed by atoms with Gasteiger partial charge >= 0.3 is 5.97 Å². The van der Waals surface area contributed by atoms with Crippen LogP contribution in [-0.4, -0.2) is 32.6 Å². The second kappa shape index (κ2) is 8.54. The molecule has 0 unspecified atom stereocenters. The molecule has 140 valence electrons. The highest BCUT2D eigenvalue weighted by Gasteiger charge is 2.24. The number of aliphatic imine (C=N–C) groups is 1. The van der Waals surface area contributed by atoms with Crippen LogP contribution in [0.1, 0.15) is 30.9 Å². The lowest BCUT2D eigenvalue weighted by Gasteiger charge is -2.12. The summed E-state index contributed by atoms with van der Waals surface area (Å²) in [6.07, 6.45) is 3.86. The van der Waals surface area contributed by atoms with Gasteiger partial charge in [-0.2, -0.15) is 0 Å². The van der Waals surface area contributed by atoms with Gasteiger partial charge in [-0.25, -0.2) is 9.79 Å². The van der Waals surface area contributed by atoms with Gasteiger partial charge in [-0.15, -0.1) is 0 Å². The molecule has 5 heteroatoms. The van der Waals surface area contributed by atoms with Crippen molar-refractivity contribution in [2.75, 3.05) is 25.6 Å². The summed E-state index contributed by atoms with van der Waals surface area (Å²) in [5, 5.41) is 0. The van der Waals surface area contributed by atoms with Crippen LogP contribution in [0.15, 0.2) is 59.2 Å². The number of unbranched alkanes of at least 4 members (excludes halogenated alkanes) is 1. The third-order valence-electron chi connectivity index (χ3n) is 4.20. The van der Waals surface area contributed by atoms with Crippen LogP contribution in [0.5, 0.6) is 5.75 Å². The van der Waals surface area contributed by atoms with Gasteiger partial charge in [0.25, 0.3) is 0 Å². The quantitative estimate of drug-likeness (QED) is 0.418. The van der Waals surface area contributed by atoms with Crippen LogP contribution in [0.4, 0.5) is 5.69 Å². The maximum absolute atomic E-state index is 12.1. The molecule has 0 fully saturated rings. The molecule has 1 aliphatic heterocycles. The van der Waals surface area contributed by atoms with Gasteiger partial charge < -0.3 is 14.4 Å². The highest BCUT2D eigenvalue weighted by Crippen LogP contribution is 2.22. The molecule has 0 N–H and O–H groups in total. The summed E-state index contributed by atoms with van der Waals surface area (Å²) in [5.74, 6) is 0.714. The summed E-state index contributed by atoms with van der Waals surface area (Å²) in [6, 6.07) is 15.3. The van der Waals surface area contributed by atoms with Gasteiger partial charge in [-0.1, -0.05) is 25.5 Å². The van der Waals surface area contributed by atoms with E-state index >= 15 is 0 Å². The Hall–Kier alpha value is -3.08. The van der Waals surface area contributed by atoms with Crippen molar-refractivity contribution >= 4 is 23.6 Å². The van der Waals surface area contributed by atoms with E-state index in [1.807, 2.05) is 67.5 Å². The zero-order valence-electron chi connectivity index (χ0n) is 15.9. The van der Waals surface area contributed by atoms with Crippen molar-refractivity contribution in [3.63, 3.8) is 0 Å². The van der Waals surface area contributed by atoms with Crippen LogP contribution in [0.3, 0.4) is 0 Å². The Bertz CT molecular complexity index is 850. The van der Waals surface area contributed by atoms with Crippen LogP contribution < -0.4 is 9.64 Å². The average Bonchev–Trinajstić information content (AvgIpc) is 3.04. The molecule has 27 heavy (non-hydrogen) atoms. The van der Waals surface area contributed by atoms with E-state index in [0.717, 1.165) is 35.4 Å². The molecule has 1 aliphatic rings. The summed E-state index contributed by atoms with van der Waals surface area (Å²) in [7, 11) is 3.95. The highest BCUT2D eigenvalue weighted by molar-refractivity contribution is 6.12. The second-order valence-corrected chi connectivity index (χ2v) is 6.55. The predicted octanol–water partition coefficient (Wildman–Crippen LogP) is 4.28. The molecule has 3 rings (SSSR count). The van der Waals surface area contributed by atoms with E-state index in [2.05, 4.69) is 11.9 Å². The Kier molecular flexibility index (Phi) is 5.91. The minimum Gasteiger partial charge on any atom is -0.494 e. The topological polar surface area (TPSA) is 51.1 Å². The van der Waals surface area contributed by atoms with Crippen LogP contribution in [-0.2, 0) is 9.53 Å². The summed E-state index contributed by atoms with van der Waals surface area (Å²) in [6.45, 7) is 2.84. The Morgan fingerprint density at radius 2 is 1.78 bits per heavy atom. The van der Waals surface area contributed by atoms with E-state index < -0.39 is 5.97 Å². The van der Waals surface area contributed by atoms with Crippen LogP contribution in [0.2, 0.25) is 0 Å². The van der Waals surface area contributed by atoms with Crippen molar-refractivity contribution in [1.82, 2.24) is 0 Å². The van der Waals surface area contributed by atoms with E-state index in [-0.39, 0.29) is 0 Å². The predicted molar refractivity (Wildman–Crippen MR) is 108 cm³/mol. The van der Waals surface area contributed by atoms with E-state index in [1.54, 1.807) is 6.08 Å². The Morgan fingerprint density at radius 3 is 2.41 bits per heavy atom. The van der Waals surface area contributed by atoms with Crippen molar-refractivity contribution in [2.24, 2.45) is 4.99 Å². The number of nitrogens with zero attached hydrogens (tertiary/aromatic N) is 2. The van der Waals surface area contributed by atoms with Gasteiger partial charge in [-0.05, 0) is 54.5 Å². The summed E-state index contributed by atoms with van der Waals surface area (Å²) in [5.41, 5.74) is 3.01. The number of esters is 1. The van der Waals surface area contributed by atoms with E-state index in [1.165, 1.54) is 0 Å². The Labute approximate surface area is 159 Å². The maximum atomic E-state index is 12.1. The first-order chi connectivity index (χ1) is 13.1. The lowest BCUT2D eigenvalue weighted by Crippen LogP contribution is -2.09. The van der Waals surface area contributed by atoms with Crippen molar-refractivity contribution in [2.45, 2.75) is 19.8 Å². The zero-order chi connectivity index (χ0) is 19.2. The molecule has 0 bridgehead atoms. The average molecular weight is 364 g/mol. The Balaban J connectivity index is 1.73. The molecule has 1 heterocycles. The van der Waals surface area contributed by atoms with Crippen LogP contribution in [0, 0.1) is 0 Å². The van der Waals surface area contributed by atoms with E-state index in [4.69, 9.17) is 9.47 Å². The molecule has 0 saturated heterocycles. The lowest BCUT2D eigenvalue weighted by molar-refractivity contribution is -0.129. The summed E-state index contributed by atoms with van der Waals surface area (Å²) < 4.78 is 11.0. The van der Waals surface area contributed by atoms with E-state index in [9.17, 15) is 4.79 Å². The van der Waals surface area contributed by atoms with Crippen molar-refractivity contribution in [3.8, 4) is 5.75 Å². The molecule has 0 aliphatic carbocycles. The molecule has 0 atom stereocenters. The van der Waals surface area contributed by atoms with Gasteiger partial charge in [0.2, 0.25) is 5.90 Å². The normalized spacial score (nSPS) is 14.9. The number of hydrogen-bond donors (Lipinski definition) is 0. The van der Waals surface area contributed by atoms with E-state index in [0.29, 0.717) is 18.2 Å². The first-order valence-corrected chi connectivity index (χ1v) is 9.10. The minimum atomic E-state index is -0.440. The molecule has 0 radical (unpaired) electrons. The van der Waals surface area contributed by atoms with Crippen molar-refractivity contribution < 1.29 is 14.3 Å². The number of anilines is 1. The lowest BCUT2D eigenvalue weighted by atomic mass is 10.2. The first kappa shape index (κ1) is 18.7. The zero-order valence-corrected chi connectivity index (χ0v) is 15.9. The molecule has 2 aromatic rings. The fourth-order valence-electron chi connectivity index (χ4n) is 2.59. The molecular weight excluding hydrogens is 340 g/mol. The number of carbonyl (C=O) groups is 1. The fraction of sp³-hybridized carbons (Fsp3) is 0.273. The summed E-state index contributed by atoms with van der Waals surface area (Å²) >= 11 is 0. The number of rotatable bonds is 7. The molecule has 5 nitrogen and oxygen atoms in total. The number of cyclic esters (lactones) is 1. The third kappa shape index (κ3) is 4.76. The molecule has 0 saturated carbocycles. The number of ether oxygens (including phenoxy) is 2. The SMILES string of the molecule is CCCCOc1ccc(/C=C2/N=C(c3ccc(N(C)C)cc3)OC2=O)cc1. The molecule has 2 aromatic carbocycles. The molecule has 0 aromatic heterocycles. The Morgan fingerprint density at radius 1 is 1.07 bits per heavy atom. The number of carbonyl (C=O) groups excluding carboxylic acids is 1. The minimum absolute atomic E-state index is 0.293. The molecule has 0 spiro atoms. The highest BCUT2D eigenvalue weighted by atomic mass is 16.6.